The van der Waals surface area contributed by atoms with Crippen molar-refractivity contribution in [2.75, 3.05) is 36.8 Å². The molecule has 0 spiro atoms. The van der Waals surface area contributed by atoms with Gasteiger partial charge in [0, 0.05) is 50.4 Å². The van der Waals surface area contributed by atoms with Crippen LogP contribution in [0.4, 0.5) is 44.0 Å². The standard InChI is InChI=1S/C23H23ClN6O2.C18H17ClN6.C9H11NO5/c1-23(8-9-23)32-22(31)29-10-5-16(6-11-29)30-12-7-17-20(26-14-27-21(17)30)28-19-4-3-15(25-2)13-18(19)24;1-20-12-2-3-16(15(19)10-12)24-17-14-6-9-25(18(14)23-11-22-17)13-4-7-21-8-5-13;1-9(4-5-9)14-8(13)15-10-6(11)2-3-7(10)12/h3-4,7,12-14,16H,5-6,8-11H2,1H3,(H,26,27,28);2-3,6,9-11,13,21H,4-5,7-8H2,(H,22,23,24);2-5H2,1H3. The number of imide groups is 1. The highest BCUT2D eigenvalue weighted by Gasteiger charge is 2.44. The van der Waals surface area contributed by atoms with Gasteiger partial charge in [0.2, 0.25) is 0 Å². The van der Waals surface area contributed by atoms with Crippen molar-refractivity contribution in [1.82, 2.24) is 44.4 Å². The zero-order valence-electron chi connectivity index (χ0n) is 39.6. The molecule has 372 valence electrons. The predicted octanol–water partition coefficient (Wildman–Crippen LogP) is 10.8. The van der Waals surface area contributed by atoms with E-state index in [0.717, 1.165) is 98.0 Å². The van der Waals surface area contributed by atoms with E-state index in [2.05, 4.69) is 65.7 Å². The lowest BCUT2D eigenvalue weighted by Crippen LogP contribution is -2.40. The summed E-state index contributed by atoms with van der Waals surface area (Å²) in [5.41, 5.74) is 3.46. The van der Waals surface area contributed by atoms with E-state index in [4.69, 9.17) is 45.8 Å². The number of rotatable bonds is 9. The summed E-state index contributed by atoms with van der Waals surface area (Å²) >= 11 is 12.6. The fourth-order valence-electron chi connectivity index (χ4n) is 8.53. The van der Waals surface area contributed by atoms with Crippen molar-refractivity contribution < 1.29 is 33.5 Å². The molecule has 3 N–H and O–H groups in total. The minimum atomic E-state index is -0.987. The number of benzene rings is 2. The molecule has 4 aromatic heterocycles. The second-order valence-corrected chi connectivity index (χ2v) is 19.5. The molecule has 2 aliphatic carbocycles. The number of nitrogens with one attached hydrogen (secondary N) is 3. The van der Waals surface area contributed by atoms with Gasteiger partial charge in [-0.25, -0.2) is 39.2 Å². The third-order valence-corrected chi connectivity index (χ3v) is 13.9. The van der Waals surface area contributed by atoms with Crippen LogP contribution in [0.25, 0.3) is 31.8 Å². The number of hydrogen-bond donors (Lipinski definition) is 3. The van der Waals surface area contributed by atoms with Crippen LogP contribution in [0.5, 0.6) is 0 Å². The van der Waals surface area contributed by atoms with Gasteiger partial charge in [-0.15, -0.1) is 0 Å². The lowest BCUT2D eigenvalue weighted by Gasteiger charge is -2.33. The Morgan fingerprint density at radius 3 is 1.62 bits per heavy atom. The Kier molecular flexibility index (Phi) is 14.5. The van der Waals surface area contributed by atoms with Crippen LogP contribution in [-0.2, 0) is 23.9 Å². The number of nitrogens with zero attached hydrogens (tertiary/aromatic N) is 10. The highest BCUT2D eigenvalue weighted by atomic mass is 35.5. The summed E-state index contributed by atoms with van der Waals surface area (Å²) in [6, 6.07) is 15.0. The SMILES string of the molecule is CC1(OC(=O)ON2C(=O)CCC2=O)CC1.[C-]#[N+]c1ccc(Nc2ncnc3c2ccn3C2CCN(C(=O)OC3(C)CC3)CC2)c(Cl)c1.[C-]#[N+]c1ccc(Nc2ncnc3c2ccn3C2CCNCC2)c(Cl)c1. The number of hydrogen-bond acceptors (Lipinski definition) is 14. The maximum absolute atomic E-state index is 12.4. The van der Waals surface area contributed by atoms with E-state index in [9.17, 15) is 19.2 Å². The smallest absolute Gasteiger partial charge is 0.443 e. The van der Waals surface area contributed by atoms with Crippen LogP contribution in [0.15, 0.2) is 73.6 Å². The monoisotopic (exact) mass is 1020 g/mol. The third kappa shape index (κ3) is 11.5. The maximum atomic E-state index is 12.4. The van der Waals surface area contributed by atoms with Crippen molar-refractivity contribution in [3.63, 3.8) is 0 Å². The number of amides is 3. The van der Waals surface area contributed by atoms with Crippen molar-refractivity contribution in [3.05, 3.63) is 106 Å². The molecule has 0 radical (unpaired) electrons. The van der Waals surface area contributed by atoms with Crippen LogP contribution in [0, 0.1) is 13.1 Å². The number of fused-ring (bicyclic) bond motifs is 2. The number of ether oxygens (including phenoxy) is 2. The minimum absolute atomic E-state index is 0.0867. The molecule has 5 aliphatic rings. The molecule has 2 aromatic carbocycles. The first kappa shape index (κ1) is 49.5. The predicted molar refractivity (Wildman–Crippen MR) is 268 cm³/mol. The van der Waals surface area contributed by atoms with Crippen molar-refractivity contribution in [2.45, 2.75) is 101 Å². The number of aromatic nitrogens is 6. The topological polar surface area (TPSA) is 209 Å². The molecule has 3 saturated heterocycles. The second kappa shape index (κ2) is 21.1. The molecule has 11 rings (SSSR count). The molecule has 3 aliphatic heterocycles. The van der Waals surface area contributed by atoms with Crippen molar-refractivity contribution in [3.8, 4) is 0 Å². The van der Waals surface area contributed by atoms with Gasteiger partial charge in [0.05, 0.1) is 45.3 Å². The Bertz CT molecular complexity index is 3110. The van der Waals surface area contributed by atoms with Crippen LogP contribution < -0.4 is 16.0 Å². The summed E-state index contributed by atoms with van der Waals surface area (Å²) in [5, 5.41) is 13.2. The maximum Gasteiger partial charge on any atom is 0.534 e. The molecule has 0 bridgehead atoms. The van der Waals surface area contributed by atoms with Gasteiger partial charge in [0.25, 0.3) is 11.8 Å². The fourth-order valence-corrected chi connectivity index (χ4v) is 8.97. The Morgan fingerprint density at radius 2 is 1.17 bits per heavy atom. The largest absolute Gasteiger partial charge is 0.534 e. The first-order valence-corrected chi connectivity index (χ1v) is 24.4. The van der Waals surface area contributed by atoms with Crippen LogP contribution in [0.1, 0.15) is 90.1 Å². The van der Waals surface area contributed by atoms with Gasteiger partial charge in [0.15, 0.2) is 11.4 Å². The van der Waals surface area contributed by atoms with Gasteiger partial charge in [-0.2, -0.15) is 0 Å². The summed E-state index contributed by atoms with van der Waals surface area (Å²) < 4.78 is 14.9. The molecule has 2 saturated carbocycles. The number of carbonyl (C=O) groups excluding carboxylic acids is 4. The van der Waals surface area contributed by atoms with E-state index in [1.165, 1.54) is 6.33 Å². The molecule has 22 heteroatoms. The van der Waals surface area contributed by atoms with Crippen molar-refractivity contribution >= 4 is 104 Å². The van der Waals surface area contributed by atoms with Gasteiger partial charge in [-0.3, -0.25) is 14.4 Å². The van der Waals surface area contributed by atoms with E-state index in [1.807, 2.05) is 30.2 Å². The van der Waals surface area contributed by atoms with Gasteiger partial charge < -0.3 is 39.5 Å². The first-order valence-electron chi connectivity index (χ1n) is 23.7. The number of anilines is 4. The van der Waals surface area contributed by atoms with E-state index < -0.39 is 23.6 Å². The molecular weight excluding hydrogens is 966 g/mol. The Balaban J connectivity index is 0.000000142. The van der Waals surface area contributed by atoms with Gasteiger partial charge in [-0.05, 0) is 115 Å². The third-order valence-electron chi connectivity index (χ3n) is 13.2. The number of piperidine rings is 2. The van der Waals surface area contributed by atoms with Crippen LogP contribution in [0.2, 0.25) is 10.0 Å². The summed E-state index contributed by atoms with van der Waals surface area (Å²) in [6.07, 6.45) is 13.6. The summed E-state index contributed by atoms with van der Waals surface area (Å²) in [6.45, 7) is 21.3. The summed E-state index contributed by atoms with van der Waals surface area (Å²) in [4.78, 5) is 76.6. The van der Waals surface area contributed by atoms with Crippen LogP contribution in [0.3, 0.4) is 0 Å². The number of halogens is 2. The van der Waals surface area contributed by atoms with Gasteiger partial charge in [0.1, 0.15) is 46.8 Å². The van der Waals surface area contributed by atoms with Gasteiger partial charge >= 0.3 is 12.2 Å². The van der Waals surface area contributed by atoms with Gasteiger partial charge in [-0.1, -0.05) is 40.4 Å². The first-order chi connectivity index (χ1) is 34.7. The Hall–Kier alpha value is -7.52. The lowest BCUT2D eigenvalue weighted by atomic mass is 10.1. The molecule has 7 heterocycles. The zero-order valence-corrected chi connectivity index (χ0v) is 41.1. The summed E-state index contributed by atoms with van der Waals surface area (Å²) in [5.74, 6) is 0.371. The minimum Gasteiger partial charge on any atom is -0.443 e. The van der Waals surface area contributed by atoms with E-state index in [1.54, 1.807) is 49.6 Å². The second-order valence-electron chi connectivity index (χ2n) is 18.7. The van der Waals surface area contributed by atoms with Crippen LogP contribution >= 0.6 is 23.2 Å². The van der Waals surface area contributed by atoms with Crippen molar-refractivity contribution in [1.29, 1.82) is 0 Å². The van der Waals surface area contributed by atoms with Crippen LogP contribution in [-0.4, -0.2) is 100 Å². The number of hydroxylamine groups is 2. The molecule has 6 aromatic rings. The fraction of sp³-hybridized carbons (Fsp3) is 0.400. The number of likely N-dealkylation sites (tertiary alicyclic amines) is 1. The molecular formula is C50H51Cl2N13O7. The normalized spacial score (nSPS) is 17.9. The summed E-state index contributed by atoms with van der Waals surface area (Å²) in [7, 11) is 0. The quantitative estimate of drug-likeness (QED) is 0.0699. The molecule has 5 fully saturated rings. The van der Waals surface area contributed by atoms with E-state index in [0.29, 0.717) is 57.1 Å². The highest BCUT2D eigenvalue weighted by Crippen LogP contribution is 2.41. The molecule has 0 unspecified atom stereocenters. The van der Waals surface area contributed by atoms with E-state index >= 15 is 0 Å². The lowest BCUT2D eigenvalue weighted by molar-refractivity contribution is -0.179. The highest BCUT2D eigenvalue weighted by molar-refractivity contribution is 6.34. The molecule has 0 atom stereocenters. The van der Waals surface area contributed by atoms with E-state index in [-0.39, 0.29) is 30.6 Å². The Labute approximate surface area is 424 Å². The van der Waals surface area contributed by atoms with Crippen molar-refractivity contribution in [2.24, 2.45) is 0 Å². The average molecular weight is 1020 g/mol. The Morgan fingerprint density at radius 1 is 0.694 bits per heavy atom. The molecule has 72 heavy (non-hydrogen) atoms. The molecule has 20 nitrogen and oxygen atoms in total. The number of carbonyl (C=O) groups is 4. The average Bonchev–Trinajstić information content (AvgIpc) is 4.10. The molecule has 3 amide bonds. The zero-order chi connectivity index (χ0) is 50.6.